The molecule has 0 spiro atoms. The fourth-order valence-corrected chi connectivity index (χ4v) is 4.54. The molecule has 3 nitrogen and oxygen atoms in total. The predicted octanol–water partition coefficient (Wildman–Crippen LogP) is 3.43. The van der Waals surface area contributed by atoms with Gasteiger partial charge in [0.25, 0.3) is 0 Å². The second-order valence-electron chi connectivity index (χ2n) is 5.55. The van der Waals surface area contributed by atoms with Crippen LogP contribution in [-0.4, -0.2) is 29.0 Å². The summed E-state index contributed by atoms with van der Waals surface area (Å²) in [5.74, 6) is 0.698. The number of likely N-dealkylation sites (tertiary alicyclic amines) is 1. The Morgan fingerprint density at radius 1 is 1.45 bits per heavy atom. The number of aromatic nitrogens is 1. The Morgan fingerprint density at radius 3 is 3.10 bits per heavy atom. The molecule has 2 atom stereocenters. The van der Waals surface area contributed by atoms with Crippen LogP contribution in [-0.2, 0) is 6.54 Å². The van der Waals surface area contributed by atoms with Gasteiger partial charge in [-0.25, -0.2) is 4.98 Å². The maximum Gasteiger partial charge on any atom is 0.124 e. The quantitative estimate of drug-likeness (QED) is 0.941. The van der Waals surface area contributed by atoms with Gasteiger partial charge in [-0.2, -0.15) is 11.3 Å². The minimum Gasteiger partial charge on any atom is -0.329 e. The smallest absolute Gasteiger partial charge is 0.124 e. The van der Waals surface area contributed by atoms with Crippen molar-refractivity contribution in [1.82, 2.24) is 9.88 Å². The summed E-state index contributed by atoms with van der Waals surface area (Å²) in [4.78, 5) is 7.30. The van der Waals surface area contributed by atoms with Crippen molar-refractivity contribution in [2.45, 2.75) is 32.4 Å². The summed E-state index contributed by atoms with van der Waals surface area (Å²) >= 11 is 3.47. The second kappa shape index (κ2) is 6.35. The number of thiophene rings is 1. The van der Waals surface area contributed by atoms with Crippen molar-refractivity contribution in [1.29, 1.82) is 0 Å². The number of nitrogens with two attached hydrogens (primary N) is 1. The van der Waals surface area contributed by atoms with Crippen LogP contribution in [0.15, 0.2) is 22.2 Å². The van der Waals surface area contributed by atoms with Crippen LogP contribution in [0.5, 0.6) is 0 Å². The molecule has 1 saturated heterocycles. The Labute approximate surface area is 128 Å². The molecule has 2 N–H and O–H groups in total. The topological polar surface area (TPSA) is 42.2 Å². The highest BCUT2D eigenvalue weighted by molar-refractivity contribution is 7.14. The van der Waals surface area contributed by atoms with Gasteiger partial charge in [0.1, 0.15) is 5.01 Å². The zero-order valence-corrected chi connectivity index (χ0v) is 13.4. The largest absolute Gasteiger partial charge is 0.329 e. The molecule has 1 aliphatic heterocycles. The van der Waals surface area contributed by atoms with Crippen molar-refractivity contribution in [3.63, 3.8) is 0 Å². The number of piperidine rings is 1. The number of hydrogen-bond acceptors (Lipinski definition) is 5. The Hall–Kier alpha value is -0.750. The molecule has 2 unspecified atom stereocenters. The molecule has 0 aliphatic carbocycles. The van der Waals surface area contributed by atoms with Crippen LogP contribution < -0.4 is 5.73 Å². The summed E-state index contributed by atoms with van der Waals surface area (Å²) in [6.45, 7) is 5.16. The minimum atomic E-state index is 0.509. The van der Waals surface area contributed by atoms with Crippen molar-refractivity contribution < 1.29 is 0 Å². The highest BCUT2D eigenvalue weighted by atomic mass is 32.1. The van der Waals surface area contributed by atoms with Crippen LogP contribution in [0.3, 0.4) is 0 Å². The summed E-state index contributed by atoms with van der Waals surface area (Å²) in [5.41, 5.74) is 8.39. The summed E-state index contributed by atoms with van der Waals surface area (Å²) in [6.07, 6.45) is 2.58. The van der Waals surface area contributed by atoms with E-state index in [0.717, 1.165) is 24.6 Å². The van der Waals surface area contributed by atoms with Crippen LogP contribution in [0, 0.1) is 5.92 Å². The summed E-state index contributed by atoms with van der Waals surface area (Å²) < 4.78 is 0. The van der Waals surface area contributed by atoms with E-state index in [0.29, 0.717) is 12.0 Å². The fraction of sp³-hybridized carbons (Fsp3) is 0.533. The maximum atomic E-state index is 5.96. The average molecular weight is 307 g/mol. The first-order valence-corrected chi connectivity index (χ1v) is 9.01. The van der Waals surface area contributed by atoms with E-state index in [2.05, 4.69) is 34.0 Å². The number of hydrogen-bond donors (Lipinski definition) is 1. The third-order valence-corrected chi connectivity index (χ3v) is 5.78. The third kappa shape index (κ3) is 2.96. The van der Waals surface area contributed by atoms with Crippen molar-refractivity contribution in [3.8, 4) is 10.6 Å². The third-order valence-electron chi connectivity index (χ3n) is 4.16. The lowest BCUT2D eigenvalue weighted by atomic mass is 9.91. The summed E-state index contributed by atoms with van der Waals surface area (Å²) in [6, 6.07) is 2.65. The average Bonchev–Trinajstić information content (AvgIpc) is 3.09. The molecule has 0 saturated carbocycles. The standard InChI is InChI=1S/C15H21N3S2/c1-11-3-2-5-18(14(11)7-16)8-13-10-20-15(17-13)12-4-6-19-9-12/h4,6,9-11,14H,2-3,5,7-8,16H2,1H3. The maximum absolute atomic E-state index is 5.96. The Kier molecular flexibility index (Phi) is 4.51. The zero-order chi connectivity index (χ0) is 13.9. The summed E-state index contributed by atoms with van der Waals surface area (Å²) in [7, 11) is 0. The van der Waals surface area contributed by atoms with Gasteiger partial charge in [-0.1, -0.05) is 6.92 Å². The van der Waals surface area contributed by atoms with E-state index >= 15 is 0 Å². The second-order valence-corrected chi connectivity index (χ2v) is 7.19. The number of nitrogens with zero attached hydrogens (tertiary/aromatic N) is 2. The van der Waals surface area contributed by atoms with E-state index in [1.807, 2.05) is 0 Å². The molecule has 20 heavy (non-hydrogen) atoms. The van der Waals surface area contributed by atoms with E-state index in [4.69, 9.17) is 10.7 Å². The molecule has 5 heteroatoms. The van der Waals surface area contributed by atoms with E-state index in [1.54, 1.807) is 22.7 Å². The Morgan fingerprint density at radius 2 is 2.35 bits per heavy atom. The highest BCUT2D eigenvalue weighted by Gasteiger charge is 2.27. The highest BCUT2D eigenvalue weighted by Crippen LogP contribution is 2.28. The van der Waals surface area contributed by atoms with E-state index < -0.39 is 0 Å². The van der Waals surface area contributed by atoms with Crippen molar-refractivity contribution in [2.75, 3.05) is 13.1 Å². The first kappa shape index (κ1) is 14.2. The van der Waals surface area contributed by atoms with Crippen LogP contribution >= 0.6 is 22.7 Å². The van der Waals surface area contributed by atoms with E-state index in [-0.39, 0.29) is 0 Å². The number of rotatable bonds is 4. The van der Waals surface area contributed by atoms with Gasteiger partial charge in [-0.3, -0.25) is 4.90 Å². The molecule has 2 aromatic rings. The van der Waals surface area contributed by atoms with Crippen molar-refractivity contribution in [3.05, 3.63) is 27.9 Å². The lowest BCUT2D eigenvalue weighted by Crippen LogP contribution is -2.48. The Bertz CT molecular complexity index is 535. The van der Waals surface area contributed by atoms with Gasteiger partial charge in [0, 0.05) is 35.5 Å². The van der Waals surface area contributed by atoms with Gasteiger partial charge in [-0.05, 0) is 36.8 Å². The molecule has 2 aromatic heterocycles. The first-order chi connectivity index (χ1) is 9.78. The van der Waals surface area contributed by atoms with Crippen LogP contribution in [0.2, 0.25) is 0 Å². The first-order valence-electron chi connectivity index (χ1n) is 7.19. The van der Waals surface area contributed by atoms with E-state index in [9.17, 15) is 0 Å². The van der Waals surface area contributed by atoms with Gasteiger partial charge >= 0.3 is 0 Å². The van der Waals surface area contributed by atoms with Gasteiger partial charge in [0.2, 0.25) is 0 Å². The zero-order valence-electron chi connectivity index (χ0n) is 11.8. The lowest BCUT2D eigenvalue weighted by Gasteiger charge is -2.39. The van der Waals surface area contributed by atoms with Crippen LogP contribution in [0.25, 0.3) is 10.6 Å². The molecule has 0 radical (unpaired) electrons. The molecule has 0 bridgehead atoms. The molecular formula is C15H21N3S2. The predicted molar refractivity (Wildman–Crippen MR) is 87.1 cm³/mol. The Balaban J connectivity index is 1.71. The van der Waals surface area contributed by atoms with Gasteiger partial charge < -0.3 is 5.73 Å². The lowest BCUT2D eigenvalue weighted by molar-refractivity contribution is 0.0980. The molecule has 1 aliphatic rings. The van der Waals surface area contributed by atoms with Gasteiger partial charge in [0.15, 0.2) is 0 Å². The molecule has 108 valence electrons. The molecular weight excluding hydrogens is 286 g/mol. The van der Waals surface area contributed by atoms with Gasteiger partial charge in [-0.15, -0.1) is 11.3 Å². The van der Waals surface area contributed by atoms with Crippen molar-refractivity contribution in [2.24, 2.45) is 11.7 Å². The van der Waals surface area contributed by atoms with Crippen LogP contribution in [0.4, 0.5) is 0 Å². The fourth-order valence-electron chi connectivity index (χ4n) is 3.02. The molecule has 3 rings (SSSR count). The normalized spacial score (nSPS) is 24.1. The van der Waals surface area contributed by atoms with E-state index in [1.165, 1.54) is 24.1 Å². The van der Waals surface area contributed by atoms with Gasteiger partial charge in [0.05, 0.1) is 5.69 Å². The minimum absolute atomic E-state index is 0.509. The summed E-state index contributed by atoms with van der Waals surface area (Å²) in [5, 5.41) is 7.59. The van der Waals surface area contributed by atoms with Crippen LogP contribution in [0.1, 0.15) is 25.5 Å². The molecule has 0 amide bonds. The molecule has 3 heterocycles. The number of thiazole rings is 1. The molecule has 1 fully saturated rings. The SMILES string of the molecule is CC1CCCN(Cc2csc(-c3ccsc3)n2)C1CN. The monoisotopic (exact) mass is 307 g/mol. The molecule has 0 aromatic carbocycles. The van der Waals surface area contributed by atoms with Crippen molar-refractivity contribution >= 4 is 22.7 Å².